The average molecular weight is 289 g/mol. The molecular formula is C14H19N5O2. The quantitative estimate of drug-likeness (QED) is 0.895. The maximum Gasteiger partial charge on any atom is 0.306 e. The molecule has 7 heteroatoms. The zero-order valence-electron chi connectivity index (χ0n) is 12.2. The van der Waals surface area contributed by atoms with Crippen LogP contribution in [0.3, 0.4) is 0 Å². The maximum atomic E-state index is 11.2. The van der Waals surface area contributed by atoms with Gasteiger partial charge in [0.1, 0.15) is 12.1 Å². The second kappa shape index (κ2) is 5.31. The van der Waals surface area contributed by atoms with E-state index in [0.717, 1.165) is 36.3 Å². The molecule has 0 aromatic carbocycles. The van der Waals surface area contributed by atoms with Crippen LogP contribution >= 0.6 is 0 Å². The Bertz CT molecular complexity index is 681. The van der Waals surface area contributed by atoms with Gasteiger partial charge in [0.05, 0.1) is 5.92 Å². The molecule has 2 aromatic heterocycles. The summed E-state index contributed by atoms with van der Waals surface area (Å²) in [6.45, 7) is 3.93. The minimum Gasteiger partial charge on any atom is -0.481 e. The Morgan fingerprint density at radius 1 is 1.43 bits per heavy atom. The molecule has 0 spiro atoms. The Balaban J connectivity index is 1.89. The molecular weight excluding hydrogens is 270 g/mol. The van der Waals surface area contributed by atoms with Gasteiger partial charge in [-0.05, 0) is 33.1 Å². The number of carboxylic acids is 1. The number of carbonyl (C=O) groups is 1. The van der Waals surface area contributed by atoms with E-state index in [1.165, 1.54) is 6.33 Å². The second-order valence-electron chi connectivity index (χ2n) is 5.69. The molecule has 1 aliphatic rings. The largest absolute Gasteiger partial charge is 0.481 e. The summed E-state index contributed by atoms with van der Waals surface area (Å²) in [5, 5.41) is 16.9. The lowest BCUT2D eigenvalue weighted by atomic mass is 9.86. The van der Waals surface area contributed by atoms with Crippen molar-refractivity contribution in [2.45, 2.75) is 45.6 Å². The number of nitrogens with zero attached hydrogens (tertiary/aromatic N) is 4. The molecule has 2 aromatic rings. The molecule has 0 amide bonds. The van der Waals surface area contributed by atoms with E-state index in [2.05, 4.69) is 20.4 Å². The van der Waals surface area contributed by atoms with Crippen LogP contribution in [-0.2, 0) is 4.79 Å². The first-order valence-corrected chi connectivity index (χ1v) is 7.22. The van der Waals surface area contributed by atoms with E-state index in [0.29, 0.717) is 12.2 Å². The SMILES string of the molecule is Cc1nc2ncnn2c(NC2CCCC(C(=O)O)C2)c1C. The van der Waals surface area contributed by atoms with Crippen molar-refractivity contribution in [1.29, 1.82) is 0 Å². The van der Waals surface area contributed by atoms with Gasteiger partial charge in [-0.1, -0.05) is 6.42 Å². The van der Waals surface area contributed by atoms with E-state index in [4.69, 9.17) is 0 Å². The Morgan fingerprint density at radius 3 is 3.00 bits per heavy atom. The van der Waals surface area contributed by atoms with Crippen LogP contribution < -0.4 is 5.32 Å². The molecule has 0 saturated heterocycles. The van der Waals surface area contributed by atoms with E-state index in [9.17, 15) is 9.90 Å². The second-order valence-corrected chi connectivity index (χ2v) is 5.69. The molecule has 1 saturated carbocycles. The minimum atomic E-state index is -0.699. The number of rotatable bonds is 3. The summed E-state index contributed by atoms with van der Waals surface area (Å²) >= 11 is 0. The number of aryl methyl sites for hydroxylation is 1. The third-order valence-electron chi connectivity index (χ3n) is 4.27. The Kier molecular flexibility index (Phi) is 3.48. The third kappa shape index (κ3) is 2.55. The van der Waals surface area contributed by atoms with Gasteiger partial charge in [-0.3, -0.25) is 4.79 Å². The third-order valence-corrected chi connectivity index (χ3v) is 4.27. The fraction of sp³-hybridized carbons (Fsp3) is 0.571. The van der Waals surface area contributed by atoms with Crippen molar-refractivity contribution in [3.8, 4) is 0 Å². The van der Waals surface area contributed by atoms with E-state index >= 15 is 0 Å². The van der Waals surface area contributed by atoms with Gasteiger partial charge >= 0.3 is 5.97 Å². The molecule has 2 unspecified atom stereocenters. The minimum absolute atomic E-state index is 0.146. The molecule has 2 N–H and O–H groups in total. The van der Waals surface area contributed by atoms with E-state index in [1.54, 1.807) is 4.52 Å². The van der Waals surface area contributed by atoms with Gasteiger partial charge in [0.2, 0.25) is 0 Å². The summed E-state index contributed by atoms with van der Waals surface area (Å²) in [6.07, 6.45) is 4.79. The van der Waals surface area contributed by atoms with Gasteiger partial charge in [0, 0.05) is 17.3 Å². The Labute approximate surface area is 122 Å². The molecule has 2 heterocycles. The van der Waals surface area contributed by atoms with Crippen molar-refractivity contribution < 1.29 is 9.90 Å². The smallest absolute Gasteiger partial charge is 0.306 e. The van der Waals surface area contributed by atoms with Crippen LogP contribution in [-0.4, -0.2) is 36.7 Å². The van der Waals surface area contributed by atoms with Crippen molar-refractivity contribution >= 4 is 17.6 Å². The summed E-state index contributed by atoms with van der Waals surface area (Å²) in [7, 11) is 0. The fourth-order valence-electron chi connectivity index (χ4n) is 2.94. The van der Waals surface area contributed by atoms with Gasteiger partial charge in [0.25, 0.3) is 5.78 Å². The predicted octanol–water partition coefficient (Wildman–Crippen LogP) is 1.80. The van der Waals surface area contributed by atoms with E-state index in [1.807, 2.05) is 13.8 Å². The molecule has 0 bridgehead atoms. The fourth-order valence-corrected chi connectivity index (χ4v) is 2.94. The van der Waals surface area contributed by atoms with Gasteiger partial charge in [-0.15, -0.1) is 0 Å². The van der Waals surface area contributed by atoms with Gasteiger partial charge in [-0.2, -0.15) is 14.6 Å². The van der Waals surface area contributed by atoms with Crippen molar-refractivity contribution in [2.75, 3.05) is 5.32 Å². The average Bonchev–Trinajstić information content (AvgIpc) is 2.92. The summed E-state index contributed by atoms with van der Waals surface area (Å²) in [4.78, 5) is 19.7. The van der Waals surface area contributed by atoms with E-state index in [-0.39, 0.29) is 12.0 Å². The standard InChI is InChI=1S/C14H19N5O2/c1-8-9(2)17-14-15-7-16-19(14)12(8)18-11-5-3-4-10(6-11)13(20)21/h7,10-11,18H,3-6H2,1-2H3,(H,20,21). The predicted molar refractivity (Wildman–Crippen MR) is 77.3 cm³/mol. The Hall–Kier alpha value is -2.18. The summed E-state index contributed by atoms with van der Waals surface area (Å²) in [6, 6.07) is 0.146. The van der Waals surface area contributed by atoms with Crippen LogP contribution in [0.1, 0.15) is 36.9 Å². The number of aliphatic carboxylic acids is 1. The van der Waals surface area contributed by atoms with Crippen LogP contribution in [0.15, 0.2) is 6.33 Å². The first kappa shape index (κ1) is 13.8. The molecule has 7 nitrogen and oxygen atoms in total. The number of nitrogens with one attached hydrogen (secondary N) is 1. The van der Waals surface area contributed by atoms with Crippen molar-refractivity contribution in [2.24, 2.45) is 5.92 Å². The van der Waals surface area contributed by atoms with Gasteiger partial charge < -0.3 is 10.4 Å². The molecule has 21 heavy (non-hydrogen) atoms. The first-order chi connectivity index (χ1) is 10.1. The normalized spacial score (nSPS) is 22.4. The van der Waals surface area contributed by atoms with E-state index < -0.39 is 5.97 Å². The monoisotopic (exact) mass is 289 g/mol. The number of hydrogen-bond donors (Lipinski definition) is 2. The van der Waals surface area contributed by atoms with Crippen LogP contribution in [0.2, 0.25) is 0 Å². The summed E-state index contributed by atoms with van der Waals surface area (Å²) in [5.74, 6) is 0.470. The van der Waals surface area contributed by atoms with Crippen LogP contribution in [0.5, 0.6) is 0 Å². The highest BCUT2D eigenvalue weighted by atomic mass is 16.4. The molecule has 0 radical (unpaired) electrons. The number of carboxylic acid groups (broad SMARTS) is 1. The van der Waals surface area contributed by atoms with Crippen LogP contribution in [0.25, 0.3) is 5.78 Å². The molecule has 3 rings (SSSR count). The van der Waals surface area contributed by atoms with Gasteiger partial charge in [-0.25, -0.2) is 4.98 Å². The summed E-state index contributed by atoms with van der Waals surface area (Å²) < 4.78 is 1.69. The highest BCUT2D eigenvalue weighted by Crippen LogP contribution is 2.28. The molecule has 112 valence electrons. The van der Waals surface area contributed by atoms with Crippen molar-refractivity contribution in [1.82, 2.24) is 19.6 Å². The molecule has 1 fully saturated rings. The lowest BCUT2D eigenvalue weighted by Crippen LogP contribution is -2.32. The van der Waals surface area contributed by atoms with Crippen molar-refractivity contribution in [3.05, 3.63) is 17.6 Å². The zero-order chi connectivity index (χ0) is 15.0. The molecule has 1 aliphatic carbocycles. The number of hydrogen-bond acceptors (Lipinski definition) is 5. The Morgan fingerprint density at radius 2 is 2.24 bits per heavy atom. The lowest BCUT2D eigenvalue weighted by Gasteiger charge is -2.28. The number of aromatic nitrogens is 4. The van der Waals surface area contributed by atoms with Crippen LogP contribution in [0.4, 0.5) is 5.82 Å². The summed E-state index contributed by atoms with van der Waals surface area (Å²) in [5.41, 5.74) is 1.93. The van der Waals surface area contributed by atoms with Gasteiger partial charge in [0.15, 0.2) is 0 Å². The van der Waals surface area contributed by atoms with Crippen molar-refractivity contribution in [3.63, 3.8) is 0 Å². The molecule has 0 aliphatic heterocycles. The topological polar surface area (TPSA) is 92.4 Å². The maximum absolute atomic E-state index is 11.2. The number of fused-ring (bicyclic) bond motifs is 1. The first-order valence-electron chi connectivity index (χ1n) is 7.22. The number of anilines is 1. The highest BCUT2D eigenvalue weighted by molar-refractivity contribution is 5.70. The van der Waals surface area contributed by atoms with Crippen LogP contribution in [0, 0.1) is 19.8 Å². The zero-order valence-corrected chi connectivity index (χ0v) is 12.2. The lowest BCUT2D eigenvalue weighted by molar-refractivity contribution is -0.142. The highest BCUT2D eigenvalue weighted by Gasteiger charge is 2.27. The molecule has 2 atom stereocenters.